The first-order chi connectivity index (χ1) is 11.2. The van der Waals surface area contributed by atoms with E-state index in [0.717, 1.165) is 5.65 Å². The lowest BCUT2D eigenvalue weighted by Gasteiger charge is -2.10. The van der Waals surface area contributed by atoms with E-state index in [1.807, 2.05) is 19.1 Å². The molecule has 0 saturated heterocycles. The fourth-order valence-electron chi connectivity index (χ4n) is 2.15. The molecule has 3 rings (SSSR count). The molecule has 0 aliphatic carbocycles. The summed E-state index contributed by atoms with van der Waals surface area (Å²) in [5, 5.41) is 6.96. The van der Waals surface area contributed by atoms with Crippen LogP contribution in [0.1, 0.15) is 5.82 Å². The average Bonchev–Trinajstić information content (AvgIpc) is 2.92. The van der Waals surface area contributed by atoms with E-state index in [4.69, 9.17) is 9.47 Å². The van der Waals surface area contributed by atoms with E-state index in [1.54, 1.807) is 42.1 Å². The van der Waals surface area contributed by atoms with E-state index in [9.17, 15) is 4.79 Å². The minimum absolute atomic E-state index is 0.116. The van der Waals surface area contributed by atoms with Gasteiger partial charge < -0.3 is 14.8 Å². The van der Waals surface area contributed by atoms with Gasteiger partial charge in [-0.05, 0) is 31.2 Å². The standard InChI is InChI=1S/C16H16N4O3/c1-11-17-15-8-7-12(9-20(15)19-11)18-16(21)10-23-14-6-4-3-5-13(14)22-2/h3-9H,10H2,1-2H3,(H,18,21). The third kappa shape index (κ3) is 3.39. The van der Waals surface area contributed by atoms with Crippen LogP contribution >= 0.6 is 0 Å². The van der Waals surface area contributed by atoms with Crippen LogP contribution in [0.25, 0.3) is 5.65 Å². The molecule has 0 saturated carbocycles. The number of nitrogens with zero attached hydrogens (tertiary/aromatic N) is 3. The summed E-state index contributed by atoms with van der Waals surface area (Å²) in [6.07, 6.45) is 1.70. The smallest absolute Gasteiger partial charge is 0.262 e. The van der Waals surface area contributed by atoms with Gasteiger partial charge in [0.2, 0.25) is 0 Å². The maximum atomic E-state index is 12.0. The number of benzene rings is 1. The first-order valence-electron chi connectivity index (χ1n) is 7.04. The van der Waals surface area contributed by atoms with Gasteiger partial charge in [-0.25, -0.2) is 9.50 Å². The van der Waals surface area contributed by atoms with E-state index in [2.05, 4.69) is 15.4 Å². The Bertz CT molecular complexity index is 844. The molecule has 2 aromatic heterocycles. The summed E-state index contributed by atoms with van der Waals surface area (Å²) in [5.74, 6) is 1.51. The SMILES string of the molecule is COc1ccccc1OCC(=O)Nc1ccc2nc(C)nn2c1. The van der Waals surface area contributed by atoms with Gasteiger partial charge in [-0.2, -0.15) is 5.10 Å². The molecule has 1 N–H and O–H groups in total. The van der Waals surface area contributed by atoms with Crippen LogP contribution in [-0.4, -0.2) is 34.2 Å². The van der Waals surface area contributed by atoms with Gasteiger partial charge in [0.05, 0.1) is 19.0 Å². The lowest BCUT2D eigenvalue weighted by molar-refractivity contribution is -0.118. The van der Waals surface area contributed by atoms with E-state index in [1.165, 1.54) is 0 Å². The highest BCUT2D eigenvalue weighted by molar-refractivity contribution is 5.91. The van der Waals surface area contributed by atoms with Crippen LogP contribution in [-0.2, 0) is 4.79 Å². The number of rotatable bonds is 5. The molecule has 0 fully saturated rings. The van der Waals surface area contributed by atoms with Gasteiger partial charge in [0.25, 0.3) is 5.91 Å². The Labute approximate surface area is 132 Å². The summed E-state index contributed by atoms with van der Waals surface area (Å²) in [6.45, 7) is 1.70. The number of carbonyl (C=O) groups excluding carboxylic acids is 1. The number of hydrogen-bond donors (Lipinski definition) is 1. The summed E-state index contributed by atoms with van der Waals surface area (Å²) >= 11 is 0. The Hall–Kier alpha value is -3.09. The number of aryl methyl sites for hydroxylation is 1. The molecule has 0 aliphatic heterocycles. The molecule has 0 atom stereocenters. The van der Waals surface area contributed by atoms with Crippen molar-refractivity contribution in [1.82, 2.24) is 14.6 Å². The zero-order chi connectivity index (χ0) is 16.2. The zero-order valence-corrected chi connectivity index (χ0v) is 12.8. The van der Waals surface area contributed by atoms with Crippen LogP contribution in [0.2, 0.25) is 0 Å². The van der Waals surface area contributed by atoms with Crippen LogP contribution in [0, 0.1) is 6.92 Å². The number of ether oxygens (including phenoxy) is 2. The van der Waals surface area contributed by atoms with Crippen LogP contribution in [0.5, 0.6) is 11.5 Å². The number of anilines is 1. The fourth-order valence-corrected chi connectivity index (χ4v) is 2.15. The number of nitrogens with one attached hydrogen (secondary N) is 1. The molecule has 118 valence electrons. The molecule has 1 aromatic carbocycles. The number of aromatic nitrogens is 3. The highest BCUT2D eigenvalue weighted by Gasteiger charge is 2.08. The van der Waals surface area contributed by atoms with E-state index in [-0.39, 0.29) is 12.5 Å². The third-order valence-corrected chi connectivity index (χ3v) is 3.15. The molecule has 7 heteroatoms. The summed E-state index contributed by atoms with van der Waals surface area (Å²) in [6, 6.07) is 10.7. The molecule has 0 aliphatic rings. The van der Waals surface area contributed by atoms with Gasteiger partial charge in [0.15, 0.2) is 23.8 Å². The summed E-state index contributed by atoms with van der Waals surface area (Å²) in [5.41, 5.74) is 1.35. The second-order valence-electron chi connectivity index (χ2n) is 4.87. The fraction of sp³-hybridized carbons (Fsp3) is 0.188. The molecule has 1 amide bonds. The second-order valence-corrected chi connectivity index (χ2v) is 4.87. The van der Waals surface area contributed by atoms with Crippen molar-refractivity contribution >= 4 is 17.2 Å². The molecule has 3 aromatic rings. The molecular formula is C16H16N4O3. The largest absolute Gasteiger partial charge is 0.493 e. The van der Waals surface area contributed by atoms with Crippen molar-refractivity contribution < 1.29 is 14.3 Å². The van der Waals surface area contributed by atoms with Crippen molar-refractivity contribution in [2.24, 2.45) is 0 Å². The number of carbonyl (C=O) groups is 1. The Morgan fingerprint density at radius 1 is 1.22 bits per heavy atom. The van der Waals surface area contributed by atoms with E-state index < -0.39 is 0 Å². The van der Waals surface area contributed by atoms with Crippen LogP contribution < -0.4 is 14.8 Å². The number of para-hydroxylation sites is 2. The number of fused-ring (bicyclic) bond motifs is 1. The molecule has 0 radical (unpaired) electrons. The van der Waals surface area contributed by atoms with Gasteiger partial charge >= 0.3 is 0 Å². The predicted molar refractivity (Wildman–Crippen MR) is 84.8 cm³/mol. The molecule has 0 spiro atoms. The quantitative estimate of drug-likeness (QED) is 0.780. The molecule has 7 nitrogen and oxygen atoms in total. The first kappa shape index (κ1) is 14.8. The Kier molecular flexibility index (Phi) is 4.09. The monoisotopic (exact) mass is 312 g/mol. The van der Waals surface area contributed by atoms with Gasteiger partial charge in [-0.15, -0.1) is 0 Å². The summed E-state index contributed by atoms with van der Waals surface area (Å²) < 4.78 is 12.3. The highest BCUT2D eigenvalue weighted by atomic mass is 16.5. The van der Waals surface area contributed by atoms with E-state index in [0.29, 0.717) is 23.0 Å². The molecule has 0 bridgehead atoms. The maximum absolute atomic E-state index is 12.0. The van der Waals surface area contributed by atoms with Crippen molar-refractivity contribution in [2.45, 2.75) is 6.92 Å². The maximum Gasteiger partial charge on any atom is 0.262 e. The van der Waals surface area contributed by atoms with Gasteiger partial charge in [-0.1, -0.05) is 12.1 Å². The first-order valence-corrected chi connectivity index (χ1v) is 7.04. The van der Waals surface area contributed by atoms with Gasteiger partial charge in [0, 0.05) is 0 Å². The normalized spacial score (nSPS) is 10.5. The van der Waals surface area contributed by atoms with Gasteiger partial charge in [0.1, 0.15) is 5.82 Å². The minimum Gasteiger partial charge on any atom is -0.493 e. The molecule has 0 unspecified atom stereocenters. The lowest BCUT2D eigenvalue weighted by Crippen LogP contribution is -2.20. The molecule has 23 heavy (non-hydrogen) atoms. The lowest BCUT2D eigenvalue weighted by atomic mass is 10.3. The topological polar surface area (TPSA) is 77.8 Å². The number of methoxy groups -OCH3 is 1. The Balaban J connectivity index is 1.64. The predicted octanol–water partition coefficient (Wildman–Crippen LogP) is 2.06. The average molecular weight is 312 g/mol. The van der Waals surface area contributed by atoms with Gasteiger partial charge in [-0.3, -0.25) is 4.79 Å². The molecular weight excluding hydrogens is 296 g/mol. The summed E-state index contributed by atoms with van der Waals surface area (Å²) in [4.78, 5) is 16.2. The van der Waals surface area contributed by atoms with Crippen LogP contribution in [0.4, 0.5) is 5.69 Å². The number of pyridine rings is 1. The summed E-state index contributed by atoms with van der Waals surface area (Å²) in [7, 11) is 1.55. The van der Waals surface area contributed by atoms with Crippen molar-refractivity contribution in [3.63, 3.8) is 0 Å². The van der Waals surface area contributed by atoms with Crippen molar-refractivity contribution in [1.29, 1.82) is 0 Å². The van der Waals surface area contributed by atoms with Crippen molar-refractivity contribution in [3.8, 4) is 11.5 Å². The van der Waals surface area contributed by atoms with Crippen molar-refractivity contribution in [3.05, 3.63) is 48.4 Å². The highest BCUT2D eigenvalue weighted by Crippen LogP contribution is 2.25. The Morgan fingerprint density at radius 3 is 2.78 bits per heavy atom. The number of amides is 1. The minimum atomic E-state index is -0.271. The van der Waals surface area contributed by atoms with E-state index >= 15 is 0 Å². The zero-order valence-electron chi connectivity index (χ0n) is 12.8. The van der Waals surface area contributed by atoms with Crippen LogP contribution in [0.15, 0.2) is 42.6 Å². The second kappa shape index (κ2) is 6.35. The van der Waals surface area contributed by atoms with Crippen LogP contribution in [0.3, 0.4) is 0 Å². The van der Waals surface area contributed by atoms with Crippen molar-refractivity contribution in [2.75, 3.05) is 19.0 Å². The Morgan fingerprint density at radius 2 is 2.00 bits per heavy atom. The molecule has 2 heterocycles. The number of hydrogen-bond acceptors (Lipinski definition) is 5. The third-order valence-electron chi connectivity index (χ3n) is 3.15.